The molecule has 1 aliphatic heterocycles. The van der Waals surface area contributed by atoms with Crippen LogP contribution < -0.4 is 20.5 Å². The van der Waals surface area contributed by atoms with Crippen molar-refractivity contribution in [3.8, 4) is 0 Å². The number of nitrogens with zero attached hydrogens (tertiary/aromatic N) is 2. The van der Waals surface area contributed by atoms with Crippen LogP contribution in [0.3, 0.4) is 0 Å². The molecule has 1 aliphatic carbocycles. The van der Waals surface area contributed by atoms with Crippen molar-refractivity contribution in [1.29, 1.82) is 0 Å². The molecule has 180 valence electrons. The van der Waals surface area contributed by atoms with Gasteiger partial charge in [-0.25, -0.2) is 23.0 Å². The van der Waals surface area contributed by atoms with E-state index in [9.17, 15) is 18.0 Å². The first-order valence-corrected chi connectivity index (χ1v) is 13.5. The Labute approximate surface area is 204 Å². The van der Waals surface area contributed by atoms with Crippen LogP contribution in [-0.2, 0) is 14.8 Å². The summed E-state index contributed by atoms with van der Waals surface area (Å²) >= 11 is 12.9. The van der Waals surface area contributed by atoms with Gasteiger partial charge in [0, 0.05) is 25.0 Å². The van der Waals surface area contributed by atoms with E-state index in [1.54, 1.807) is 6.07 Å². The molecule has 10 nitrogen and oxygen atoms in total. The minimum atomic E-state index is -3.60. The molecule has 1 saturated heterocycles. The Hall–Kier alpha value is -1.86. The number of rotatable bonds is 6. The normalized spacial score (nSPS) is 23.5. The van der Waals surface area contributed by atoms with Crippen molar-refractivity contribution >= 4 is 56.3 Å². The first-order valence-electron chi connectivity index (χ1n) is 10.4. The Morgan fingerprint density at radius 1 is 1.18 bits per heavy atom. The Morgan fingerprint density at radius 2 is 1.91 bits per heavy atom. The van der Waals surface area contributed by atoms with Crippen molar-refractivity contribution in [1.82, 2.24) is 20.2 Å². The van der Waals surface area contributed by atoms with Gasteiger partial charge in [0.1, 0.15) is 15.3 Å². The molecule has 0 radical (unpaired) electrons. The van der Waals surface area contributed by atoms with Crippen LogP contribution in [0.15, 0.2) is 27.3 Å². The van der Waals surface area contributed by atoms with Gasteiger partial charge in [-0.15, -0.1) is 11.3 Å². The highest BCUT2D eigenvalue weighted by molar-refractivity contribution is 7.91. The summed E-state index contributed by atoms with van der Waals surface area (Å²) in [4.78, 5) is 25.9. The first kappa shape index (κ1) is 24.3. The lowest BCUT2D eigenvalue weighted by molar-refractivity contribution is 0.102. The highest BCUT2D eigenvalue weighted by atomic mass is 35.5. The van der Waals surface area contributed by atoms with Gasteiger partial charge in [-0.3, -0.25) is 4.79 Å². The van der Waals surface area contributed by atoms with Gasteiger partial charge in [0.15, 0.2) is 0 Å². The number of carbonyl (C=O) groups excluding carboxylic acids is 1. The van der Waals surface area contributed by atoms with E-state index >= 15 is 0 Å². The number of hydrogen-bond acceptors (Lipinski definition) is 8. The van der Waals surface area contributed by atoms with Crippen LogP contribution in [0.1, 0.15) is 32.1 Å². The van der Waals surface area contributed by atoms with Crippen LogP contribution in [0.25, 0.3) is 0 Å². The molecule has 3 N–H and O–H groups in total. The third-order valence-corrected chi connectivity index (χ3v) is 9.33. The predicted molar refractivity (Wildman–Crippen MR) is 126 cm³/mol. The molecule has 2 aromatic rings. The van der Waals surface area contributed by atoms with E-state index in [0.29, 0.717) is 55.2 Å². The monoisotopic (exact) mass is 535 g/mol. The third-order valence-electron chi connectivity index (χ3n) is 5.72. The fourth-order valence-corrected chi connectivity index (χ4v) is 7.08. The Morgan fingerprint density at radius 3 is 2.61 bits per heavy atom. The van der Waals surface area contributed by atoms with Crippen LogP contribution >= 0.6 is 34.5 Å². The molecule has 0 aromatic carbocycles. The Bertz CT molecular complexity index is 1160. The molecule has 14 heteroatoms. The molecular weight excluding hydrogens is 513 g/mol. The van der Waals surface area contributed by atoms with Gasteiger partial charge in [-0.1, -0.05) is 23.2 Å². The molecule has 0 bridgehead atoms. The number of amides is 1. The number of H-pyrrole nitrogens is 1. The van der Waals surface area contributed by atoms with Crippen LogP contribution in [0.2, 0.25) is 9.36 Å². The molecule has 2 aliphatic rings. The van der Waals surface area contributed by atoms with Crippen molar-refractivity contribution in [3.05, 3.63) is 38.0 Å². The molecule has 1 atom stereocenters. The van der Waals surface area contributed by atoms with Gasteiger partial charge in [0.25, 0.3) is 5.56 Å². The Kier molecular flexibility index (Phi) is 7.49. The quantitative estimate of drug-likeness (QED) is 0.517. The maximum absolute atomic E-state index is 12.5. The average Bonchev–Trinajstić information content (AvgIpc) is 3.41. The summed E-state index contributed by atoms with van der Waals surface area (Å²) in [5, 5.41) is 8.98. The lowest BCUT2D eigenvalue weighted by atomic mass is 9.92. The number of sulfonamides is 1. The van der Waals surface area contributed by atoms with Gasteiger partial charge in [0.2, 0.25) is 10.0 Å². The highest BCUT2D eigenvalue weighted by Gasteiger charge is 2.30. The fourth-order valence-electron chi connectivity index (χ4n) is 4.07. The zero-order chi connectivity index (χ0) is 23.6. The summed E-state index contributed by atoms with van der Waals surface area (Å²) < 4.78 is 33.8. The number of ether oxygens (including phenoxy) is 1. The summed E-state index contributed by atoms with van der Waals surface area (Å²) in [7, 11) is -3.60. The van der Waals surface area contributed by atoms with Crippen LogP contribution in [-0.4, -0.2) is 56.0 Å². The molecule has 0 unspecified atom stereocenters. The van der Waals surface area contributed by atoms with E-state index in [4.69, 9.17) is 27.9 Å². The second kappa shape index (κ2) is 10.2. The van der Waals surface area contributed by atoms with Crippen molar-refractivity contribution in [2.75, 3.05) is 18.0 Å². The summed E-state index contributed by atoms with van der Waals surface area (Å²) in [5.74, 6) is 0. The first-order chi connectivity index (χ1) is 15.7. The zero-order valence-electron chi connectivity index (χ0n) is 17.4. The number of hydrogen-bond donors (Lipinski definition) is 3. The van der Waals surface area contributed by atoms with Crippen molar-refractivity contribution in [2.24, 2.45) is 0 Å². The van der Waals surface area contributed by atoms with E-state index in [1.807, 2.05) is 4.90 Å². The highest BCUT2D eigenvalue weighted by Crippen LogP contribution is 2.28. The molecule has 4 rings (SSSR count). The van der Waals surface area contributed by atoms with Crippen molar-refractivity contribution < 1.29 is 17.9 Å². The number of thiophene rings is 1. The van der Waals surface area contributed by atoms with Gasteiger partial charge in [-0.2, -0.15) is 5.10 Å². The predicted octanol–water partition coefficient (Wildman–Crippen LogP) is 2.73. The number of nitrogens with one attached hydrogen (secondary N) is 3. The Balaban J connectivity index is 1.21. The molecule has 33 heavy (non-hydrogen) atoms. The fraction of sp³-hybridized carbons (Fsp3) is 0.526. The van der Waals surface area contributed by atoms with E-state index < -0.39 is 21.7 Å². The average molecular weight is 536 g/mol. The molecule has 0 spiro atoms. The number of alkyl carbamates (subject to hydrolysis) is 1. The number of anilines is 1. The maximum atomic E-state index is 12.5. The van der Waals surface area contributed by atoms with E-state index in [-0.39, 0.29) is 27.4 Å². The van der Waals surface area contributed by atoms with E-state index in [0.717, 1.165) is 11.3 Å². The van der Waals surface area contributed by atoms with Crippen LogP contribution in [0.5, 0.6) is 0 Å². The summed E-state index contributed by atoms with van der Waals surface area (Å²) in [6.45, 7) is 1.00. The minimum absolute atomic E-state index is 0.0599. The summed E-state index contributed by atoms with van der Waals surface area (Å²) in [5.41, 5.74) is 0.0471. The molecule has 1 saturated carbocycles. The molecule has 1 amide bonds. The minimum Gasteiger partial charge on any atom is -0.444 e. The topological polar surface area (TPSA) is 133 Å². The van der Waals surface area contributed by atoms with Gasteiger partial charge >= 0.3 is 6.09 Å². The van der Waals surface area contributed by atoms with E-state index in [1.165, 1.54) is 12.3 Å². The molecule has 3 heterocycles. The molecule has 2 fully saturated rings. The van der Waals surface area contributed by atoms with E-state index in [2.05, 4.69) is 20.2 Å². The maximum Gasteiger partial charge on any atom is 0.407 e. The number of aromatic nitrogens is 2. The standard InChI is InChI=1S/C19H23Cl2N5O5S2/c20-15-5-6-16(32-15)33(29,30)25-12-3-1-11(2-4-12)23-19(28)31-13-7-8-26(10-13)14-9-22-24-18(27)17(14)21/h5-6,9,11-13,25H,1-4,7-8,10H2,(H,23,28)(H,24,27)/t11-,12-,13-/m1/s1. The van der Waals surface area contributed by atoms with Crippen molar-refractivity contribution in [3.63, 3.8) is 0 Å². The second-order valence-corrected chi connectivity index (χ2v) is 12.1. The lowest BCUT2D eigenvalue weighted by Crippen LogP contribution is -2.44. The van der Waals surface area contributed by atoms with Crippen molar-refractivity contribution in [2.45, 2.75) is 54.5 Å². The van der Waals surface area contributed by atoms with Crippen LogP contribution in [0.4, 0.5) is 10.5 Å². The third kappa shape index (κ3) is 5.99. The number of carbonyl (C=O) groups is 1. The van der Waals surface area contributed by atoms with Gasteiger partial charge < -0.3 is 15.0 Å². The molecule has 2 aromatic heterocycles. The summed E-state index contributed by atoms with van der Waals surface area (Å²) in [6, 6.07) is 2.77. The number of aromatic amines is 1. The zero-order valence-corrected chi connectivity index (χ0v) is 20.6. The lowest BCUT2D eigenvalue weighted by Gasteiger charge is -2.29. The second-order valence-electron chi connectivity index (χ2n) is 8.03. The molecular formula is C19H23Cl2N5O5S2. The number of halogens is 2. The largest absolute Gasteiger partial charge is 0.444 e. The van der Waals surface area contributed by atoms with Crippen LogP contribution in [0, 0.1) is 0 Å². The smallest absolute Gasteiger partial charge is 0.407 e. The van der Waals surface area contributed by atoms with Gasteiger partial charge in [-0.05, 0) is 37.8 Å². The SMILES string of the molecule is O=C(N[C@H]1CC[C@H](NS(=O)(=O)c2ccc(Cl)s2)CC1)O[C@@H]1CCN(c2cn[nH]c(=O)c2Cl)C1. The van der Waals surface area contributed by atoms with Gasteiger partial charge in [0.05, 0.1) is 22.8 Å². The summed E-state index contributed by atoms with van der Waals surface area (Å²) in [6.07, 6.45) is 3.74.